The topological polar surface area (TPSA) is 85.3 Å². The van der Waals surface area contributed by atoms with Gasteiger partial charge in [-0.1, -0.05) is 41.9 Å². The molecule has 4 rings (SSSR count). The van der Waals surface area contributed by atoms with E-state index in [0.717, 1.165) is 0 Å². The van der Waals surface area contributed by atoms with E-state index in [0.29, 0.717) is 46.7 Å². The van der Waals surface area contributed by atoms with Crippen molar-refractivity contribution in [2.24, 2.45) is 0 Å². The molecule has 1 fully saturated rings. The molecule has 1 unspecified atom stereocenters. The van der Waals surface area contributed by atoms with Gasteiger partial charge in [-0.3, -0.25) is 14.5 Å². The molecular weight excluding hydrogens is 482 g/mol. The van der Waals surface area contributed by atoms with Crippen molar-refractivity contribution < 1.29 is 28.9 Å². The minimum absolute atomic E-state index is 0.0707. The lowest BCUT2D eigenvalue weighted by molar-refractivity contribution is -0.132. The number of ether oxygens (including phenoxy) is 3. The number of methoxy groups -OCH3 is 1. The van der Waals surface area contributed by atoms with Gasteiger partial charge in [0.1, 0.15) is 11.5 Å². The Morgan fingerprint density at radius 2 is 1.58 bits per heavy atom. The summed E-state index contributed by atoms with van der Waals surface area (Å²) < 4.78 is 16.8. The van der Waals surface area contributed by atoms with Crippen molar-refractivity contribution in [3.63, 3.8) is 0 Å². The van der Waals surface area contributed by atoms with Gasteiger partial charge in [0.15, 0.2) is 11.5 Å². The number of carbonyl (C=O) groups excluding carboxylic acids is 2. The molecule has 0 aliphatic carbocycles. The maximum atomic E-state index is 13.4. The molecule has 0 spiro atoms. The fraction of sp³-hybridized carbons (Fsp3) is 0.214. The lowest BCUT2D eigenvalue weighted by Crippen LogP contribution is -2.29. The third kappa shape index (κ3) is 4.62. The van der Waals surface area contributed by atoms with Crippen LogP contribution < -0.4 is 19.1 Å². The Morgan fingerprint density at radius 3 is 2.25 bits per heavy atom. The van der Waals surface area contributed by atoms with Gasteiger partial charge in [0.2, 0.25) is 0 Å². The molecule has 3 aromatic rings. The quantitative estimate of drug-likeness (QED) is 0.236. The molecule has 7 nitrogen and oxygen atoms in total. The minimum Gasteiger partial charge on any atom is -0.507 e. The normalized spacial score (nSPS) is 16.8. The molecule has 1 saturated heterocycles. The first-order chi connectivity index (χ1) is 17.4. The molecule has 1 N–H and O–H groups in total. The number of amides is 1. The Kier molecular flexibility index (Phi) is 7.50. The molecule has 0 saturated carbocycles. The van der Waals surface area contributed by atoms with Crippen molar-refractivity contribution in [3.05, 3.63) is 88.5 Å². The summed E-state index contributed by atoms with van der Waals surface area (Å²) in [5, 5.41) is 11.7. The lowest BCUT2D eigenvalue weighted by atomic mass is 9.95. The smallest absolute Gasteiger partial charge is 0.300 e. The molecule has 0 radical (unpaired) electrons. The predicted molar refractivity (Wildman–Crippen MR) is 138 cm³/mol. The summed E-state index contributed by atoms with van der Waals surface area (Å²) in [5.41, 5.74) is 1.21. The fourth-order valence-corrected chi connectivity index (χ4v) is 4.42. The van der Waals surface area contributed by atoms with Crippen LogP contribution in [0.3, 0.4) is 0 Å². The highest BCUT2D eigenvalue weighted by Crippen LogP contribution is 2.45. The van der Waals surface area contributed by atoms with Crippen LogP contribution >= 0.6 is 11.6 Å². The monoisotopic (exact) mass is 507 g/mol. The Bertz CT molecular complexity index is 1320. The first-order valence-electron chi connectivity index (χ1n) is 11.5. The van der Waals surface area contributed by atoms with Gasteiger partial charge in [0, 0.05) is 16.8 Å². The molecule has 0 aromatic heterocycles. The molecule has 1 amide bonds. The van der Waals surface area contributed by atoms with Gasteiger partial charge < -0.3 is 19.3 Å². The van der Waals surface area contributed by atoms with Crippen LogP contribution in [-0.2, 0) is 9.59 Å². The summed E-state index contributed by atoms with van der Waals surface area (Å²) in [6.45, 7) is 4.53. The highest BCUT2D eigenvalue weighted by molar-refractivity contribution is 6.51. The number of hydrogen-bond donors (Lipinski definition) is 1. The van der Waals surface area contributed by atoms with Gasteiger partial charge in [-0.2, -0.15) is 0 Å². The van der Waals surface area contributed by atoms with Crippen LogP contribution in [0, 0.1) is 0 Å². The standard InChI is InChI=1S/C28H26ClNO6/c1-4-35-22-14-12-19(16-23(22)36-5-2)30-25(17-9-7-6-8-10-17)24(27(32)28(30)33)26(31)20-15-18(29)11-13-21(20)34-3/h6-16,25,31H,4-5H2,1-3H3/b26-24+. The number of halogens is 1. The highest BCUT2D eigenvalue weighted by Gasteiger charge is 2.47. The van der Waals surface area contributed by atoms with Gasteiger partial charge >= 0.3 is 0 Å². The van der Waals surface area contributed by atoms with E-state index in [-0.39, 0.29) is 16.9 Å². The zero-order valence-corrected chi connectivity index (χ0v) is 20.9. The molecule has 1 heterocycles. The van der Waals surface area contributed by atoms with Gasteiger partial charge in [-0.05, 0) is 49.7 Å². The van der Waals surface area contributed by atoms with Crippen molar-refractivity contribution in [3.8, 4) is 17.2 Å². The summed E-state index contributed by atoms with van der Waals surface area (Å²) in [5.74, 6) is -0.690. The number of aliphatic hydroxyl groups excluding tert-OH is 1. The van der Waals surface area contributed by atoms with Crippen molar-refractivity contribution in [1.29, 1.82) is 0 Å². The summed E-state index contributed by atoms with van der Waals surface area (Å²) >= 11 is 6.18. The Morgan fingerprint density at radius 1 is 0.917 bits per heavy atom. The second-order valence-electron chi connectivity index (χ2n) is 7.92. The van der Waals surface area contributed by atoms with Crippen LogP contribution in [0.4, 0.5) is 5.69 Å². The SMILES string of the molecule is CCOc1ccc(N2C(=O)C(=O)/C(=C(/O)c3cc(Cl)ccc3OC)C2c2ccccc2)cc1OCC. The molecule has 1 aliphatic rings. The highest BCUT2D eigenvalue weighted by atomic mass is 35.5. The van der Waals surface area contributed by atoms with E-state index >= 15 is 0 Å². The van der Waals surface area contributed by atoms with E-state index in [9.17, 15) is 14.7 Å². The molecule has 1 aliphatic heterocycles. The number of benzene rings is 3. The number of hydrogen-bond acceptors (Lipinski definition) is 6. The number of rotatable bonds is 8. The third-order valence-corrected chi connectivity index (χ3v) is 6.02. The third-order valence-electron chi connectivity index (χ3n) is 5.78. The Hall–Kier alpha value is -3.97. The van der Waals surface area contributed by atoms with Crippen LogP contribution in [0.15, 0.2) is 72.3 Å². The number of ketones is 1. The van der Waals surface area contributed by atoms with Crippen molar-refractivity contribution >= 4 is 34.7 Å². The number of carbonyl (C=O) groups is 2. The second-order valence-corrected chi connectivity index (χ2v) is 8.36. The van der Waals surface area contributed by atoms with Crippen LogP contribution in [-0.4, -0.2) is 37.1 Å². The summed E-state index contributed by atoms with van der Waals surface area (Å²) in [4.78, 5) is 28.2. The van der Waals surface area contributed by atoms with Crippen LogP contribution in [0.5, 0.6) is 17.2 Å². The zero-order chi connectivity index (χ0) is 25.8. The van der Waals surface area contributed by atoms with Gasteiger partial charge in [-0.25, -0.2) is 0 Å². The maximum Gasteiger partial charge on any atom is 0.300 e. The van der Waals surface area contributed by atoms with Crippen LogP contribution in [0.1, 0.15) is 31.0 Å². The molecular formula is C28H26ClNO6. The van der Waals surface area contributed by atoms with Crippen molar-refractivity contribution in [1.82, 2.24) is 0 Å². The Balaban J connectivity index is 1.94. The summed E-state index contributed by atoms with van der Waals surface area (Å²) in [6.07, 6.45) is 0. The summed E-state index contributed by atoms with van der Waals surface area (Å²) in [6, 6.07) is 17.9. The van der Waals surface area contributed by atoms with Crippen LogP contribution in [0.25, 0.3) is 5.76 Å². The molecule has 186 valence electrons. The predicted octanol–water partition coefficient (Wildman–Crippen LogP) is 5.77. The molecule has 36 heavy (non-hydrogen) atoms. The van der Waals surface area contributed by atoms with E-state index in [1.54, 1.807) is 54.6 Å². The number of nitrogens with zero attached hydrogens (tertiary/aromatic N) is 1. The lowest BCUT2D eigenvalue weighted by Gasteiger charge is -2.26. The van der Waals surface area contributed by atoms with Crippen LogP contribution in [0.2, 0.25) is 5.02 Å². The average Bonchev–Trinajstić information content (AvgIpc) is 3.15. The molecule has 8 heteroatoms. The van der Waals surface area contributed by atoms with E-state index in [2.05, 4.69) is 0 Å². The molecule has 1 atom stereocenters. The molecule has 3 aromatic carbocycles. The van der Waals surface area contributed by atoms with E-state index in [1.165, 1.54) is 18.1 Å². The molecule has 0 bridgehead atoms. The van der Waals surface area contributed by atoms with Crippen molar-refractivity contribution in [2.75, 3.05) is 25.2 Å². The van der Waals surface area contributed by atoms with E-state index in [1.807, 2.05) is 19.9 Å². The van der Waals surface area contributed by atoms with Gasteiger partial charge in [0.05, 0.1) is 37.5 Å². The zero-order valence-electron chi connectivity index (χ0n) is 20.2. The second kappa shape index (κ2) is 10.7. The number of anilines is 1. The number of Topliss-reactive ketones (excluding diaryl/α,β-unsaturated/α-hetero) is 1. The summed E-state index contributed by atoms with van der Waals surface area (Å²) in [7, 11) is 1.45. The Labute approximate surface area is 214 Å². The van der Waals surface area contributed by atoms with E-state index < -0.39 is 17.7 Å². The van der Waals surface area contributed by atoms with Gasteiger partial charge in [0.25, 0.3) is 11.7 Å². The average molecular weight is 508 g/mol. The first kappa shape index (κ1) is 25.1. The first-order valence-corrected chi connectivity index (χ1v) is 11.9. The van der Waals surface area contributed by atoms with E-state index in [4.69, 9.17) is 25.8 Å². The number of aliphatic hydroxyl groups is 1. The largest absolute Gasteiger partial charge is 0.507 e. The van der Waals surface area contributed by atoms with Gasteiger partial charge in [-0.15, -0.1) is 0 Å². The maximum absolute atomic E-state index is 13.4. The minimum atomic E-state index is -0.901. The van der Waals surface area contributed by atoms with Crippen molar-refractivity contribution in [2.45, 2.75) is 19.9 Å². The fourth-order valence-electron chi connectivity index (χ4n) is 4.25.